The summed E-state index contributed by atoms with van der Waals surface area (Å²) in [5.41, 5.74) is 0. The number of nitrogens with zero attached hydrogens (tertiary/aromatic N) is 1. The molecule has 98 valence electrons. The third-order valence-corrected chi connectivity index (χ3v) is 4.17. The number of hydrogen-bond donors (Lipinski definition) is 1. The Morgan fingerprint density at radius 1 is 1.47 bits per heavy atom. The molecule has 0 aromatic carbocycles. The van der Waals surface area contributed by atoms with Gasteiger partial charge in [-0.2, -0.15) is 0 Å². The van der Waals surface area contributed by atoms with Gasteiger partial charge >= 0.3 is 5.97 Å². The van der Waals surface area contributed by atoms with Gasteiger partial charge in [-0.3, -0.25) is 9.59 Å². The first-order chi connectivity index (χ1) is 7.91. The number of thioether (sulfide) groups is 1. The number of likely N-dealkylation sites (tertiary alicyclic amines) is 1. The maximum atomic E-state index is 11.9. The van der Waals surface area contributed by atoms with Gasteiger partial charge in [-0.25, -0.2) is 0 Å². The Morgan fingerprint density at radius 3 is 2.59 bits per heavy atom. The van der Waals surface area contributed by atoms with Gasteiger partial charge in [0.1, 0.15) is 0 Å². The zero-order valence-electron chi connectivity index (χ0n) is 10.7. The van der Waals surface area contributed by atoms with Crippen LogP contribution in [0.1, 0.15) is 33.6 Å². The third-order valence-electron chi connectivity index (χ3n) is 3.09. The molecular formula is C12H21NO3S. The molecule has 1 fully saturated rings. The summed E-state index contributed by atoms with van der Waals surface area (Å²) in [6.45, 7) is 6.65. The van der Waals surface area contributed by atoms with Crippen LogP contribution in [0.2, 0.25) is 0 Å². The van der Waals surface area contributed by atoms with E-state index in [1.54, 1.807) is 11.8 Å². The fourth-order valence-electron chi connectivity index (χ4n) is 2.09. The highest BCUT2D eigenvalue weighted by Gasteiger charge is 2.31. The van der Waals surface area contributed by atoms with Gasteiger partial charge in [0.15, 0.2) is 0 Å². The van der Waals surface area contributed by atoms with Gasteiger partial charge in [-0.15, -0.1) is 11.8 Å². The first-order valence-corrected chi connectivity index (χ1v) is 7.10. The van der Waals surface area contributed by atoms with Gasteiger partial charge in [0.05, 0.1) is 11.7 Å². The second-order valence-electron chi connectivity index (χ2n) is 4.86. The van der Waals surface area contributed by atoms with Crippen LogP contribution in [0.5, 0.6) is 0 Å². The monoisotopic (exact) mass is 259 g/mol. The molecule has 1 saturated heterocycles. The Kier molecular flexibility index (Phi) is 5.31. The molecule has 0 saturated carbocycles. The quantitative estimate of drug-likeness (QED) is 0.837. The highest BCUT2D eigenvalue weighted by atomic mass is 32.2. The minimum Gasteiger partial charge on any atom is -0.481 e. The van der Waals surface area contributed by atoms with Gasteiger partial charge in [0.2, 0.25) is 5.91 Å². The van der Waals surface area contributed by atoms with E-state index in [0.717, 1.165) is 0 Å². The molecule has 4 nitrogen and oxygen atoms in total. The predicted octanol–water partition coefficient (Wildman–Crippen LogP) is 1.84. The molecule has 1 rings (SSSR count). The number of carbonyl (C=O) groups excluding carboxylic acids is 1. The second kappa shape index (κ2) is 6.28. The third kappa shape index (κ3) is 4.22. The van der Waals surface area contributed by atoms with Crippen molar-refractivity contribution in [2.45, 2.75) is 44.9 Å². The zero-order valence-corrected chi connectivity index (χ0v) is 11.5. The normalized spacial score (nSPS) is 25.1. The summed E-state index contributed by atoms with van der Waals surface area (Å²) in [4.78, 5) is 24.7. The van der Waals surface area contributed by atoms with E-state index in [9.17, 15) is 9.59 Å². The lowest BCUT2D eigenvalue weighted by atomic mass is 9.92. The van der Waals surface area contributed by atoms with Gasteiger partial charge < -0.3 is 10.0 Å². The van der Waals surface area contributed by atoms with Crippen LogP contribution in [0.3, 0.4) is 0 Å². The number of amides is 1. The van der Waals surface area contributed by atoms with E-state index in [1.807, 2.05) is 11.8 Å². The number of rotatable bonds is 4. The lowest BCUT2D eigenvalue weighted by molar-refractivity contribution is -0.146. The van der Waals surface area contributed by atoms with Crippen molar-refractivity contribution < 1.29 is 14.7 Å². The van der Waals surface area contributed by atoms with Crippen molar-refractivity contribution in [1.82, 2.24) is 4.90 Å². The number of carboxylic acid groups (broad SMARTS) is 1. The van der Waals surface area contributed by atoms with Crippen molar-refractivity contribution in [2.24, 2.45) is 5.92 Å². The Morgan fingerprint density at radius 2 is 2.12 bits per heavy atom. The standard InChI is InChI=1S/C12H21NO3S/c1-8(2)17-7-11(14)13-5-4-10(12(15)16)6-9(13)3/h8-10H,4-7H2,1-3H3,(H,15,16). The van der Waals surface area contributed by atoms with Crippen molar-refractivity contribution in [3.8, 4) is 0 Å². The highest BCUT2D eigenvalue weighted by Crippen LogP contribution is 2.24. The SMILES string of the molecule is CC(C)SCC(=O)N1CCC(C(=O)O)CC1C. The van der Waals surface area contributed by atoms with E-state index < -0.39 is 5.97 Å². The summed E-state index contributed by atoms with van der Waals surface area (Å²) < 4.78 is 0. The number of carboxylic acids is 1. The zero-order chi connectivity index (χ0) is 13.0. The van der Waals surface area contributed by atoms with Gasteiger partial charge in [0, 0.05) is 12.6 Å². The van der Waals surface area contributed by atoms with Crippen LogP contribution in [-0.4, -0.2) is 45.5 Å². The Bertz CT molecular complexity index is 293. The van der Waals surface area contributed by atoms with Crippen molar-refractivity contribution in [1.29, 1.82) is 0 Å². The van der Waals surface area contributed by atoms with E-state index in [0.29, 0.717) is 30.4 Å². The average Bonchev–Trinajstić information content (AvgIpc) is 2.25. The molecule has 0 aromatic heterocycles. The van der Waals surface area contributed by atoms with E-state index in [-0.39, 0.29) is 17.9 Å². The number of carbonyl (C=O) groups is 2. The van der Waals surface area contributed by atoms with Crippen molar-refractivity contribution >= 4 is 23.6 Å². The van der Waals surface area contributed by atoms with Crippen LogP contribution >= 0.6 is 11.8 Å². The second-order valence-corrected chi connectivity index (χ2v) is 6.42. The highest BCUT2D eigenvalue weighted by molar-refractivity contribution is 8.00. The van der Waals surface area contributed by atoms with Crippen molar-refractivity contribution in [3.05, 3.63) is 0 Å². The van der Waals surface area contributed by atoms with Gasteiger partial charge in [-0.1, -0.05) is 13.8 Å². The maximum Gasteiger partial charge on any atom is 0.306 e. The van der Waals surface area contributed by atoms with Crippen LogP contribution in [0, 0.1) is 5.92 Å². The number of hydrogen-bond acceptors (Lipinski definition) is 3. The molecule has 0 bridgehead atoms. The van der Waals surface area contributed by atoms with Gasteiger partial charge in [-0.05, 0) is 25.0 Å². The van der Waals surface area contributed by atoms with E-state index in [1.165, 1.54) is 0 Å². The molecule has 1 heterocycles. The van der Waals surface area contributed by atoms with Crippen LogP contribution in [0.15, 0.2) is 0 Å². The van der Waals surface area contributed by atoms with E-state index in [4.69, 9.17) is 5.11 Å². The topological polar surface area (TPSA) is 57.6 Å². The Balaban J connectivity index is 2.46. The lowest BCUT2D eigenvalue weighted by Crippen LogP contribution is -2.46. The molecule has 2 unspecified atom stereocenters. The molecule has 1 amide bonds. The summed E-state index contributed by atoms with van der Waals surface area (Å²) in [7, 11) is 0. The molecule has 1 aliphatic heterocycles. The molecule has 0 aromatic rings. The summed E-state index contributed by atoms with van der Waals surface area (Å²) in [5.74, 6) is -0.382. The smallest absolute Gasteiger partial charge is 0.306 e. The molecule has 0 aliphatic carbocycles. The first-order valence-electron chi connectivity index (χ1n) is 6.05. The lowest BCUT2D eigenvalue weighted by Gasteiger charge is -2.36. The van der Waals surface area contributed by atoms with Crippen molar-refractivity contribution in [3.63, 3.8) is 0 Å². The molecule has 17 heavy (non-hydrogen) atoms. The van der Waals surface area contributed by atoms with Crippen LogP contribution < -0.4 is 0 Å². The molecular weight excluding hydrogens is 238 g/mol. The summed E-state index contributed by atoms with van der Waals surface area (Å²) in [5, 5.41) is 9.40. The largest absolute Gasteiger partial charge is 0.481 e. The van der Waals surface area contributed by atoms with E-state index in [2.05, 4.69) is 13.8 Å². The summed E-state index contributed by atoms with van der Waals surface area (Å²) in [6.07, 6.45) is 1.16. The summed E-state index contributed by atoms with van der Waals surface area (Å²) >= 11 is 1.63. The molecule has 0 radical (unpaired) electrons. The molecule has 5 heteroatoms. The Labute approximate surface area is 107 Å². The predicted molar refractivity (Wildman–Crippen MR) is 69.1 cm³/mol. The fourth-order valence-corrected chi connectivity index (χ4v) is 2.73. The number of piperidine rings is 1. The van der Waals surface area contributed by atoms with Crippen LogP contribution in [-0.2, 0) is 9.59 Å². The fraction of sp³-hybridized carbons (Fsp3) is 0.833. The maximum absolute atomic E-state index is 11.9. The van der Waals surface area contributed by atoms with Crippen molar-refractivity contribution in [2.75, 3.05) is 12.3 Å². The molecule has 1 aliphatic rings. The van der Waals surface area contributed by atoms with Crippen LogP contribution in [0.25, 0.3) is 0 Å². The molecule has 2 atom stereocenters. The minimum absolute atomic E-state index is 0.0464. The number of aliphatic carboxylic acids is 1. The summed E-state index contributed by atoms with van der Waals surface area (Å²) in [6, 6.07) is 0.0464. The average molecular weight is 259 g/mol. The van der Waals surface area contributed by atoms with Crippen LogP contribution in [0.4, 0.5) is 0 Å². The Hall–Kier alpha value is -0.710. The minimum atomic E-state index is -0.736. The molecule has 0 spiro atoms. The van der Waals surface area contributed by atoms with Gasteiger partial charge in [0.25, 0.3) is 0 Å². The molecule has 1 N–H and O–H groups in total. The van der Waals surface area contributed by atoms with E-state index >= 15 is 0 Å². The first kappa shape index (κ1) is 14.4.